The number of para-hydroxylation sites is 2. The summed E-state index contributed by atoms with van der Waals surface area (Å²) < 4.78 is 52.7. The van der Waals surface area contributed by atoms with E-state index in [1.807, 2.05) is 24.3 Å². The van der Waals surface area contributed by atoms with Crippen LogP contribution in [0.5, 0.6) is 11.5 Å². The average Bonchev–Trinajstić information content (AvgIpc) is 2.74. The fourth-order valence-electron chi connectivity index (χ4n) is 2.99. The quantitative estimate of drug-likeness (QED) is 0.287. The molecule has 2 aromatic carbocycles. The summed E-state index contributed by atoms with van der Waals surface area (Å²) in [5.74, 6) is 0.303. The van der Waals surface area contributed by atoms with E-state index in [9.17, 15) is 13.2 Å². The largest absolute Gasteiger partial charge is 0.573 e. The van der Waals surface area contributed by atoms with Gasteiger partial charge in [-0.2, -0.15) is 0 Å². The Hall–Kier alpha value is -2.25. The van der Waals surface area contributed by atoms with E-state index in [0.717, 1.165) is 44.2 Å². The summed E-state index contributed by atoms with van der Waals surface area (Å²) in [5, 5.41) is 2.64. The number of nitrogens with two attached hydrogens (primary N) is 1. The van der Waals surface area contributed by atoms with E-state index in [1.54, 1.807) is 6.07 Å². The molecule has 32 heavy (non-hydrogen) atoms. The molecule has 1 aliphatic rings. The summed E-state index contributed by atoms with van der Waals surface area (Å²) in [6, 6.07) is 13.1. The predicted octanol–water partition coefficient (Wildman–Crippen LogP) is 3.84. The lowest BCUT2D eigenvalue weighted by Gasteiger charge is -2.26. The van der Waals surface area contributed by atoms with Crippen LogP contribution in [0.1, 0.15) is 5.56 Å². The highest BCUT2D eigenvalue weighted by Gasteiger charge is 2.32. The second-order valence-electron chi connectivity index (χ2n) is 6.82. The van der Waals surface area contributed by atoms with Crippen molar-refractivity contribution in [1.29, 1.82) is 0 Å². The molecule has 2 aromatic rings. The predicted molar refractivity (Wildman–Crippen MR) is 127 cm³/mol. The van der Waals surface area contributed by atoms with Crippen molar-refractivity contribution >= 4 is 35.6 Å². The Morgan fingerprint density at radius 2 is 1.88 bits per heavy atom. The fraction of sp³-hybridized carbons (Fsp3) is 0.381. The molecule has 0 aromatic heterocycles. The van der Waals surface area contributed by atoms with Gasteiger partial charge in [0, 0.05) is 19.6 Å². The second-order valence-corrected chi connectivity index (χ2v) is 6.82. The average molecular weight is 566 g/mol. The van der Waals surface area contributed by atoms with Crippen molar-refractivity contribution in [2.75, 3.05) is 44.8 Å². The minimum Gasteiger partial charge on any atom is -0.492 e. The highest BCUT2D eigenvalue weighted by atomic mass is 127. The van der Waals surface area contributed by atoms with Crippen molar-refractivity contribution < 1.29 is 27.4 Å². The first-order chi connectivity index (χ1) is 14.9. The van der Waals surface area contributed by atoms with Gasteiger partial charge in [0.25, 0.3) is 0 Å². The van der Waals surface area contributed by atoms with Gasteiger partial charge in [0.05, 0.1) is 25.4 Å². The molecule has 1 fully saturated rings. The van der Waals surface area contributed by atoms with Gasteiger partial charge >= 0.3 is 6.36 Å². The molecule has 0 saturated carbocycles. The summed E-state index contributed by atoms with van der Waals surface area (Å²) in [4.78, 5) is 6.47. The maximum absolute atomic E-state index is 12.5. The van der Waals surface area contributed by atoms with Crippen LogP contribution < -0.4 is 20.5 Å². The number of nitrogens with zero attached hydrogens (tertiary/aromatic N) is 2. The molecular weight excluding hydrogens is 540 g/mol. The van der Waals surface area contributed by atoms with Crippen LogP contribution in [0.15, 0.2) is 53.5 Å². The zero-order chi connectivity index (χ0) is 22.1. The number of aliphatic imine (C=N–C) groups is 1. The highest BCUT2D eigenvalue weighted by molar-refractivity contribution is 14.0. The molecule has 0 aliphatic carbocycles. The van der Waals surface area contributed by atoms with Crippen molar-refractivity contribution in [3.05, 3.63) is 54.1 Å². The standard InChI is InChI=1S/C21H25F3N4O3.HI/c22-21(23,24)31-19-7-2-1-6-18(19)27-20(25)26-15-16-4-3-5-17(14-16)30-13-10-28-8-11-29-12-9-28;/h1-7,14H,8-13,15H2,(H3,25,26,27);1H. The van der Waals surface area contributed by atoms with E-state index in [0.29, 0.717) is 6.61 Å². The topological polar surface area (TPSA) is 81.3 Å². The number of morpholine rings is 1. The third kappa shape index (κ3) is 9.09. The molecule has 1 saturated heterocycles. The minimum atomic E-state index is -4.80. The summed E-state index contributed by atoms with van der Waals surface area (Å²) in [6.45, 7) is 4.92. The van der Waals surface area contributed by atoms with Crippen LogP contribution >= 0.6 is 24.0 Å². The third-order valence-corrected chi connectivity index (χ3v) is 4.49. The van der Waals surface area contributed by atoms with Gasteiger partial charge in [-0.3, -0.25) is 4.90 Å². The zero-order valence-corrected chi connectivity index (χ0v) is 19.6. The molecule has 0 radical (unpaired) electrons. The molecule has 11 heteroatoms. The van der Waals surface area contributed by atoms with Gasteiger partial charge in [-0.15, -0.1) is 37.1 Å². The molecule has 0 amide bonds. The van der Waals surface area contributed by atoms with Crippen LogP contribution in [0.2, 0.25) is 0 Å². The number of hydrogen-bond acceptors (Lipinski definition) is 5. The number of halogens is 4. The first-order valence-corrected chi connectivity index (χ1v) is 9.82. The van der Waals surface area contributed by atoms with Crippen molar-refractivity contribution in [3.63, 3.8) is 0 Å². The lowest BCUT2D eigenvalue weighted by molar-refractivity contribution is -0.274. The van der Waals surface area contributed by atoms with E-state index in [1.165, 1.54) is 18.2 Å². The van der Waals surface area contributed by atoms with Crippen molar-refractivity contribution in [3.8, 4) is 11.5 Å². The highest BCUT2D eigenvalue weighted by Crippen LogP contribution is 2.29. The van der Waals surface area contributed by atoms with E-state index >= 15 is 0 Å². The van der Waals surface area contributed by atoms with Crippen LogP contribution in [0.4, 0.5) is 18.9 Å². The molecule has 176 valence electrons. The third-order valence-electron chi connectivity index (χ3n) is 4.49. The SMILES string of the molecule is I.NC(=NCc1cccc(OCCN2CCOCC2)c1)Nc1ccccc1OC(F)(F)F. The van der Waals surface area contributed by atoms with Crippen molar-refractivity contribution in [1.82, 2.24) is 4.90 Å². The molecule has 0 spiro atoms. The van der Waals surface area contributed by atoms with E-state index in [4.69, 9.17) is 15.2 Å². The molecule has 3 rings (SSSR count). The fourth-order valence-corrected chi connectivity index (χ4v) is 2.99. The molecule has 0 atom stereocenters. The van der Waals surface area contributed by atoms with Gasteiger partial charge < -0.3 is 25.3 Å². The van der Waals surface area contributed by atoms with Gasteiger partial charge in [0.1, 0.15) is 12.4 Å². The van der Waals surface area contributed by atoms with Crippen LogP contribution in [-0.2, 0) is 11.3 Å². The number of hydrogen-bond donors (Lipinski definition) is 2. The maximum atomic E-state index is 12.5. The summed E-state index contributed by atoms with van der Waals surface area (Å²) in [6.07, 6.45) is -4.80. The van der Waals surface area contributed by atoms with Crippen LogP contribution in [0.3, 0.4) is 0 Å². The van der Waals surface area contributed by atoms with Crippen molar-refractivity contribution in [2.45, 2.75) is 12.9 Å². The number of guanidine groups is 1. The summed E-state index contributed by atoms with van der Waals surface area (Å²) in [7, 11) is 0. The molecule has 0 unspecified atom stereocenters. The van der Waals surface area contributed by atoms with Gasteiger partial charge in [0.15, 0.2) is 11.7 Å². The zero-order valence-electron chi connectivity index (χ0n) is 17.3. The van der Waals surface area contributed by atoms with Gasteiger partial charge in [-0.1, -0.05) is 24.3 Å². The Morgan fingerprint density at radius 1 is 1.12 bits per heavy atom. The molecule has 1 heterocycles. The Kier molecular flexibility index (Phi) is 10.3. The summed E-state index contributed by atoms with van der Waals surface area (Å²) >= 11 is 0. The molecule has 7 nitrogen and oxygen atoms in total. The van der Waals surface area contributed by atoms with Gasteiger partial charge in [-0.25, -0.2) is 4.99 Å². The lowest BCUT2D eigenvalue weighted by atomic mass is 10.2. The number of anilines is 1. The molecule has 1 aliphatic heterocycles. The minimum absolute atomic E-state index is 0. The Bertz CT molecular complexity index is 877. The molecule has 3 N–H and O–H groups in total. The van der Waals surface area contributed by atoms with Crippen LogP contribution in [0.25, 0.3) is 0 Å². The number of rotatable bonds is 8. The number of alkyl halides is 3. The van der Waals surface area contributed by atoms with Crippen molar-refractivity contribution in [2.24, 2.45) is 10.7 Å². The molecular formula is C21H26F3IN4O3. The first-order valence-electron chi connectivity index (χ1n) is 9.82. The van der Waals surface area contributed by atoms with Crippen LogP contribution in [0, 0.1) is 0 Å². The van der Waals surface area contributed by atoms with Crippen LogP contribution in [-0.4, -0.2) is 56.7 Å². The lowest BCUT2D eigenvalue weighted by Crippen LogP contribution is -2.38. The van der Waals surface area contributed by atoms with Gasteiger partial charge in [0.2, 0.25) is 0 Å². The Balaban J connectivity index is 0.00000363. The number of ether oxygens (including phenoxy) is 3. The van der Waals surface area contributed by atoms with E-state index in [2.05, 4.69) is 19.9 Å². The Labute approximate surface area is 201 Å². The van der Waals surface area contributed by atoms with Gasteiger partial charge in [-0.05, 0) is 29.8 Å². The maximum Gasteiger partial charge on any atom is 0.573 e. The Morgan fingerprint density at radius 3 is 2.62 bits per heavy atom. The first kappa shape index (κ1) is 26.0. The number of nitrogens with one attached hydrogen (secondary N) is 1. The molecule has 0 bridgehead atoms. The monoisotopic (exact) mass is 566 g/mol. The second kappa shape index (κ2) is 12.7. The summed E-state index contributed by atoms with van der Waals surface area (Å²) in [5.41, 5.74) is 6.77. The smallest absolute Gasteiger partial charge is 0.492 e. The normalized spacial score (nSPS) is 15.0. The number of benzene rings is 2. The van der Waals surface area contributed by atoms with E-state index in [-0.39, 0.29) is 47.9 Å². The van der Waals surface area contributed by atoms with E-state index < -0.39 is 6.36 Å².